The minimum Gasteiger partial charge on any atom is -0.387 e. The molecule has 0 radical (unpaired) electrons. The molecule has 106 valence electrons. The van der Waals surface area contributed by atoms with Crippen LogP contribution >= 0.6 is 11.6 Å². The molecule has 19 heavy (non-hydrogen) atoms. The van der Waals surface area contributed by atoms with Gasteiger partial charge in [-0.3, -0.25) is 4.98 Å². The van der Waals surface area contributed by atoms with Crippen LogP contribution in [0.25, 0.3) is 0 Å². The lowest BCUT2D eigenvalue weighted by Gasteiger charge is -2.31. The van der Waals surface area contributed by atoms with Gasteiger partial charge in [-0.05, 0) is 38.4 Å². The van der Waals surface area contributed by atoms with Crippen molar-refractivity contribution in [2.45, 2.75) is 50.7 Å². The van der Waals surface area contributed by atoms with Crippen molar-refractivity contribution in [3.05, 3.63) is 29.0 Å². The molecule has 1 aromatic heterocycles. The van der Waals surface area contributed by atoms with Crippen LogP contribution in [0.5, 0.6) is 0 Å². The molecule has 1 fully saturated rings. The summed E-state index contributed by atoms with van der Waals surface area (Å²) in [6.45, 7) is 0.903. The Morgan fingerprint density at radius 3 is 2.84 bits per heavy atom. The summed E-state index contributed by atoms with van der Waals surface area (Å²) in [7, 11) is 2.16. The van der Waals surface area contributed by atoms with E-state index in [-0.39, 0.29) is 0 Å². The van der Waals surface area contributed by atoms with Crippen molar-refractivity contribution in [1.82, 2.24) is 9.88 Å². The third-order valence-corrected chi connectivity index (χ3v) is 4.27. The Hall–Kier alpha value is -0.640. The molecule has 1 heterocycles. The summed E-state index contributed by atoms with van der Waals surface area (Å²) >= 11 is 5.91. The monoisotopic (exact) mass is 282 g/mol. The van der Waals surface area contributed by atoms with E-state index in [9.17, 15) is 5.11 Å². The summed E-state index contributed by atoms with van der Waals surface area (Å²) in [5.41, 5.74) is 0.671. The van der Waals surface area contributed by atoms with Crippen LogP contribution in [0.1, 0.15) is 50.3 Å². The second kappa shape index (κ2) is 7.22. The van der Waals surface area contributed by atoms with Crippen molar-refractivity contribution in [2.24, 2.45) is 0 Å². The zero-order chi connectivity index (χ0) is 13.7. The second-order valence-electron chi connectivity index (χ2n) is 5.48. The van der Waals surface area contributed by atoms with E-state index in [0.29, 0.717) is 23.2 Å². The van der Waals surface area contributed by atoms with Gasteiger partial charge in [-0.15, -0.1) is 0 Å². The molecule has 0 bridgehead atoms. The average Bonchev–Trinajstić information content (AvgIpc) is 2.45. The SMILES string of the molecule is CN(CCC(O)c1cc(Cl)ccn1)C1CCCCC1. The molecule has 0 amide bonds. The minimum absolute atomic E-state index is 0.523. The van der Waals surface area contributed by atoms with Crippen molar-refractivity contribution in [2.75, 3.05) is 13.6 Å². The Labute approximate surface area is 120 Å². The lowest BCUT2D eigenvalue weighted by atomic mass is 9.94. The number of hydrogen-bond acceptors (Lipinski definition) is 3. The minimum atomic E-state index is -0.523. The van der Waals surface area contributed by atoms with Crippen LogP contribution in [-0.2, 0) is 0 Å². The van der Waals surface area contributed by atoms with Gasteiger partial charge in [-0.2, -0.15) is 0 Å². The maximum absolute atomic E-state index is 10.1. The second-order valence-corrected chi connectivity index (χ2v) is 5.91. The first kappa shape index (κ1) is 14.8. The first-order chi connectivity index (χ1) is 9.16. The van der Waals surface area contributed by atoms with Crippen molar-refractivity contribution in [3.63, 3.8) is 0 Å². The molecule has 1 aromatic rings. The molecule has 3 nitrogen and oxygen atoms in total. The smallest absolute Gasteiger partial charge is 0.0972 e. The van der Waals surface area contributed by atoms with Gasteiger partial charge in [-0.25, -0.2) is 0 Å². The molecule has 1 unspecified atom stereocenters. The third-order valence-electron chi connectivity index (χ3n) is 4.04. The number of rotatable bonds is 5. The highest BCUT2D eigenvalue weighted by Crippen LogP contribution is 2.23. The van der Waals surface area contributed by atoms with Crippen molar-refractivity contribution in [3.8, 4) is 0 Å². The maximum atomic E-state index is 10.1. The number of halogens is 1. The Kier molecular flexibility index (Phi) is 5.61. The fraction of sp³-hybridized carbons (Fsp3) is 0.667. The molecule has 1 aliphatic carbocycles. The van der Waals surface area contributed by atoms with Crippen LogP contribution in [0.3, 0.4) is 0 Å². The lowest BCUT2D eigenvalue weighted by molar-refractivity contribution is 0.122. The van der Waals surface area contributed by atoms with Crippen LogP contribution in [0.2, 0.25) is 5.02 Å². The first-order valence-corrected chi connectivity index (χ1v) is 7.54. The lowest BCUT2D eigenvalue weighted by Crippen LogP contribution is -2.34. The predicted molar refractivity (Wildman–Crippen MR) is 78.3 cm³/mol. The Morgan fingerprint density at radius 2 is 2.16 bits per heavy atom. The van der Waals surface area contributed by atoms with Gasteiger partial charge < -0.3 is 10.0 Å². The molecule has 1 aliphatic rings. The Bertz CT molecular complexity index is 393. The molecule has 1 saturated carbocycles. The highest BCUT2D eigenvalue weighted by molar-refractivity contribution is 6.30. The normalized spacial score (nSPS) is 18.7. The maximum Gasteiger partial charge on any atom is 0.0972 e. The van der Waals surface area contributed by atoms with Gasteiger partial charge in [0.2, 0.25) is 0 Å². The number of pyridine rings is 1. The highest BCUT2D eigenvalue weighted by Gasteiger charge is 2.19. The summed E-state index contributed by atoms with van der Waals surface area (Å²) < 4.78 is 0. The van der Waals surface area contributed by atoms with E-state index in [1.54, 1.807) is 18.3 Å². The van der Waals surface area contributed by atoms with E-state index in [0.717, 1.165) is 6.54 Å². The van der Waals surface area contributed by atoms with Crippen molar-refractivity contribution < 1.29 is 5.11 Å². The van der Waals surface area contributed by atoms with Gasteiger partial charge in [0.05, 0.1) is 11.8 Å². The quantitative estimate of drug-likeness (QED) is 0.899. The summed E-state index contributed by atoms with van der Waals surface area (Å²) in [6.07, 6.45) is 8.47. The Balaban J connectivity index is 1.80. The topological polar surface area (TPSA) is 36.4 Å². The highest BCUT2D eigenvalue weighted by atomic mass is 35.5. The number of hydrogen-bond donors (Lipinski definition) is 1. The number of aliphatic hydroxyl groups is 1. The van der Waals surface area contributed by atoms with E-state index in [1.165, 1.54) is 32.1 Å². The van der Waals surface area contributed by atoms with Crippen LogP contribution in [0.4, 0.5) is 0 Å². The van der Waals surface area contributed by atoms with Gasteiger partial charge >= 0.3 is 0 Å². The zero-order valence-electron chi connectivity index (χ0n) is 11.6. The average molecular weight is 283 g/mol. The standard InChI is InChI=1S/C15H23ClN2O/c1-18(13-5-3-2-4-6-13)10-8-15(19)14-11-12(16)7-9-17-14/h7,9,11,13,15,19H,2-6,8,10H2,1H3. The van der Waals surface area contributed by atoms with Gasteiger partial charge in [0.15, 0.2) is 0 Å². The van der Waals surface area contributed by atoms with Gasteiger partial charge in [0.1, 0.15) is 0 Å². The van der Waals surface area contributed by atoms with E-state index in [4.69, 9.17) is 11.6 Å². The molecular formula is C15H23ClN2O. The fourth-order valence-corrected chi connectivity index (χ4v) is 2.95. The van der Waals surface area contributed by atoms with Crippen LogP contribution in [0, 0.1) is 0 Å². The summed E-state index contributed by atoms with van der Waals surface area (Å²) in [5.74, 6) is 0. The number of aromatic nitrogens is 1. The molecule has 0 aromatic carbocycles. The molecular weight excluding hydrogens is 260 g/mol. The van der Waals surface area contributed by atoms with E-state index in [2.05, 4.69) is 16.9 Å². The van der Waals surface area contributed by atoms with Gasteiger partial charge in [0, 0.05) is 23.8 Å². The fourth-order valence-electron chi connectivity index (χ4n) is 2.78. The van der Waals surface area contributed by atoms with Crippen LogP contribution in [-0.4, -0.2) is 34.6 Å². The molecule has 1 N–H and O–H groups in total. The summed E-state index contributed by atoms with van der Waals surface area (Å²) in [4.78, 5) is 6.56. The molecule has 0 spiro atoms. The first-order valence-electron chi connectivity index (χ1n) is 7.16. The molecule has 1 atom stereocenters. The molecule has 4 heteroatoms. The Morgan fingerprint density at radius 1 is 1.42 bits per heavy atom. The predicted octanol–water partition coefficient (Wildman–Crippen LogP) is 3.42. The van der Waals surface area contributed by atoms with Crippen molar-refractivity contribution >= 4 is 11.6 Å². The van der Waals surface area contributed by atoms with Crippen LogP contribution < -0.4 is 0 Å². The zero-order valence-corrected chi connectivity index (χ0v) is 12.3. The summed E-state index contributed by atoms with van der Waals surface area (Å²) in [6, 6.07) is 4.16. The summed E-state index contributed by atoms with van der Waals surface area (Å²) in [5, 5.41) is 10.8. The third kappa shape index (κ3) is 4.44. The van der Waals surface area contributed by atoms with Crippen molar-refractivity contribution in [1.29, 1.82) is 0 Å². The van der Waals surface area contributed by atoms with Gasteiger partial charge in [-0.1, -0.05) is 30.9 Å². The molecule has 2 rings (SSSR count). The molecule has 0 aliphatic heterocycles. The van der Waals surface area contributed by atoms with E-state index >= 15 is 0 Å². The number of nitrogens with zero attached hydrogens (tertiary/aromatic N) is 2. The number of aliphatic hydroxyl groups excluding tert-OH is 1. The van der Waals surface area contributed by atoms with E-state index < -0.39 is 6.10 Å². The molecule has 0 saturated heterocycles. The van der Waals surface area contributed by atoms with Gasteiger partial charge in [0.25, 0.3) is 0 Å². The largest absolute Gasteiger partial charge is 0.387 e. The van der Waals surface area contributed by atoms with E-state index in [1.807, 2.05) is 0 Å². The van der Waals surface area contributed by atoms with Crippen LogP contribution in [0.15, 0.2) is 18.3 Å².